The Morgan fingerprint density at radius 2 is 1.73 bits per heavy atom. The molecule has 1 aromatic carbocycles. The van der Waals surface area contributed by atoms with Crippen molar-refractivity contribution in [1.82, 2.24) is 0 Å². The Morgan fingerprint density at radius 1 is 1.09 bits per heavy atom. The van der Waals surface area contributed by atoms with E-state index < -0.39 is 8.32 Å². The summed E-state index contributed by atoms with van der Waals surface area (Å²) in [4.78, 5) is 0. The van der Waals surface area contributed by atoms with Crippen LogP contribution in [0.3, 0.4) is 0 Å². The fourth-order valence-electron chi connectivity index (χ4n) is 2.19. The van der Waals surface area contributed by atoms with Crippen molar-refractivity contribution in [1.29, 1.82) is 0 Å². The van der Waals surface area contributed by atoms with Crippen molar-refractivity contribution >= 4 is 31.5 Å². The van der Waals surface area contributed by atoms with Gasteiger partial charge in [0.15, 0.2) is 8.32 Å². The molecule has 0 aromatic heterocycles. The van der Waals surface area contributed by atoms with Gasteiger partial charge in [0, 0.05) is 6.10 Å². The molecular formula is C17H26Cl2O2Si. The third kappa shape index (κ3) is 4.48. The Labute approximate surface area is 145 Å². The quantitative estimate of drug-likeness (QED) is 0.593. The van der Waals surface area contributed by atoms with Gasteiger partial charge in [-0.1, -0.05) is 50.0 Å². The van der Waals surface area contributed by atoms with Crippen LogP contribution in [0.15, 0.2) is 18.2 Å². The molecule has 0 amide bonds. The molecule has 0 spiro atoms. The first-order valence-corrected chi connectivity index (χ1v) is 11.5. The van der Waals surface area contributed by atoms with Gasteiger partial charge in [-0.3, -0.25) is 0 Å². The van der Waals surface area contributed by atoms with E-state index in [-0.39, 0.29) is 5.04 Å². The Kier molecular flexibility index (Phi) is 5.66. The molecule has 2 nitrogen and oxygen atoms in total. The van der Waals surface area contributed by atoms with Crippen LogP contribution in [0.2, 0.25) is 28.2 Å². The van der Waals surface area contributed by atoms with Crippen molar-refractivity contribution in [3.63, 3.8) is 0 Å². The standard InChI is InChI=1S/C17H26Cl2O2Si/c1-17(2,3)22(4,5)21-14-9-13(10-14)20-11-12-6-7-15(18)16(19)8-12/h6-8,13-14H,9-11H2,1-5H3. The third-order valence-corrected chi connectivity index (χ3v) is 10.1. The molecule has 0 atom stereocenters. The van der Waals surface area contributed by atoms with Gasteiger partial charge < -0.3 is 9.16 Å². The average molecular weight is 361 g/mol. The Balaban J connectivity index is 1.75. The van der Waals surface area contributed by atoms with Gasteiger partial charge in [-0.2, -0.15) is 0 Å². The summed E-state index contributed by atoms with van der Waals surface area (Å²) in [5.74, 6) is 0. The molecule has 0 aliphatic heterocycles. The number of ether oxygens (including phenoxy) is 1. The SMILES string of the molecule is CC(C)(C)[Si](C)(C)OC1CC(OCc2ccc(Cl)c(Cl)c2)C1. The molecule has 1 saturated carbocycles. The summed E-state index contributed by atoms with van der Waals surface area (Å²) < 4.78 is 12.3. The molecule has 0 radical (unpaired) electrons. The summed E-state index contributed by atoms with van der Waals surface area (Å²) in [5, 5.41) is 1.42. The summed E-state index contributed by atoms with van der Waals surface area (Å²) in [7, 11) is -1.66. The first-order chi connectivity index (χ1) is 10.1. The monoisotopic (exact) mass is 360 g/mol. The molecule has 1 aromatic rings. The van der Waals surface area contributed by atoms with E-state index in [1.165, 1.54) is 0 Å². The topological polar surface area (TPSA) is 18.5 Å². The minimum Gasteiger partial charge on any atom is -0.414 e. The highest BCUT2D eigenvalue weighted by atomic mass is 35.5. The second-order valence-electron chi connectivity index (χ2n) is 7.65. The molecule has 0 saturated heterocycles. The number of benzene rings is 1. The molecule has 5 heteroatoms. The number of hydrogen-bond donors (Lipinski definition) is 0. The van der Waals surface area contributed by atoms with E-state index in [0.29, 0.717) is 28.9 Å². The van der Waals surface area contributed by atoms with Crippen LogP contribution < -0.4 is 0 Å². The summed E-state index contributed by atoms with van der Waals surface area (Å²) >= 11 is 11.9. The lowest BCUT2D eigenvalue weighted by atomic mass is 9.92. The van der Waals surface area contributed by atoms with E-state index >= 15 is 0 Å². The Morgan fingerprint density at radius 3 is 2.27 bits per heavy atom. The van der Waals surface area contributed by atoms with Crippen LogP contribution in [0.4, 0.5) is 0 Å². The van der Waals surface area contributed by atoms with Crippen LogP contribution in [0, 0.1) is 0 Å². The summed E-state index contributed by atoms with van der Waals surface area (Å²) in [5.41, 5.74) is 1.06. The van der Waals surface area contributed by atoms with Crippen molar-refractivity contribution in [3.8, 4) is 0 Å². The zero-order valence-electron chi connectivity index (χ0n) is 14.1. The zero-order valence-corrected chi connectivity index (χ0v) is 16.6. The van der Waals surface area contributed by atoms with Crippen molar-refractivity contribution < 1.29 is 9.16 Å². The van der Waals surface area contributed by atoms with Crippen LogP contribution in [0.1, 0.15) is 39.2 Å². The van der Waals surface area contributed by atoms with Crippen molar-refractivity contribution in [3.05, 3.63) is 33.8 Å². The van der Waals surface area contributed by atoms with Crippen LogP contribution >= 0.6 is 23.2 Å². The summed E-state index contributed by atoms with van der Waals surface area (Å²) in [6.45, 7) is 12.0. The molecule has 22 heavy (non-hydrogen) atoms. The second-order valence-corrected chi connectivity index (χ2v) is 13.2. The molecule has 0 N–H and O–H groups in total. The molecule has 1 aliphatic rings. The van der Waals surface area contributed by atoms with Crippen LogP contribution in [-0.2, 0) is 15.8 Å². The van der Waals surface area contributed by atoms with Crippen LogP contribution in [0.5, 0.6) is 0 Å². The van der Waals surface area contributed by atoms with E-state index in [1.807, 2.05) is 18.2 Å². The van der Waals surface area contributed by atoms with Gasteiger partial charge in [0.1, 0.15) is 0 Å². The molecular weight excluding hydrogens is 335 g/mol. The number of rotatable bonds is 5. The fraction of sp³-hybridized carbons (Fsp3) is 0.647. The maximum absolute atomic E-state index is 6.38. The summed E-state index contributed by atoms with van der Waals surface area (Å²) in [6, 6.07) is 5.63. The van der Waals surface area contributed by atoms with E-state index in [1.54, 1.807) is 0 Å². The van der Waals surface area contributed by atoms with Gasteiger partial charge in [0.2, 0.25) is 0 Å². The molecule has 0 unspecified atom stereocenters. The first-order valence-electron chi connectivity index (χ1n) is 7.82. The molecule has 0 heterocycles. The van der Waals surface area contributed by atoms with Crippen molar-refractivity contribution in [2.45, 2.75) is 70.6 Å². The number of halogens is 2. The summed E-state index contributed by atoms with van der Waals surface area (Å²) in [6.07, 6.45) is 2.64. The highest BCUT2D eigenvalue weighted by Crippen LogP contribution is 2.40. The van der Waals surface area contributed by atoms with E-state index in [2.05, 4.69) is 33.9 Å². The van der Waals surface area contributed by atoms with E-state index in [4.69, 9.17) is 32.4 Å². The normalized spacial score (nSPS) is 22.5. The lowest BCUT2D eigenvalue weighted by molar-refractivity contribution is -0.0726. The smallest absolute Gasteiger partial charge is 0.192 e. The predicted octanol–water partition coefficient (Wildman–Crippen LogP) is 6.06. The second kappa shape index (κ2) is 6.82. The van der Waals surface area contributed by atoms with E-state index in [0.717, 1.165) is 18.4 Å². The van der Waals surface area contributed by atoms with Crippen LogP contribution in [-0.4, -0.2) is 20.5 Å². The van der Waals surface area contributed by atoms with Crippen molar-refractivity contribution in [2.24, 2.45) is 0 Å². The van der Waals surface area contributed by atoms with Crippen molar-refractivity contribution in [2.75, 3.05) is 0 Å². The predicted molar refractivity (Wildman–Crippen MR) is 96.3 cm³/mol. The molecule has 0 bridgehead atoms. The molecule has 124 valence electrons. The first kappa shape index (κ1) is 18.3. The van der Waals surface area contributed by atoms with Crippen LogP contribution in [0.25, 0.3) is 0 Å². The van der Waals surface area contributed by atoms with Gasteiger partial charge in [-0.15, -0.1) is 0 Å². The molecule has 1 fully saturated rings. The zero-order chi connectivity index (χ0) is 16.5. The maximum Gasteiger partial charge on any atom is 0.192 e. The number of hydrogen-bond acceptors (Lipinski definition) is 2. The minimum absolute atomic E-state index is 0.263. The largest absolute Gasteiger partial charge is 0.414 e. The molecule has 1 aliphatic carbocycles. The lowest BCUT2D eigenvalue weighted by Gasteiger charge is -2.44. The van der Waals surface area contributed by atoms with Gasteiger partial charge in [0.25, 0.3) is 0 Å². The van der Waals surface area contributed by atoms with Gasteiger partial charge >= 0.3 is 0 Å². The van der Waals surface area contributed by atoms with Gasteiger partial charge in [0.05, 0.1) is 22.8 Å². The lowest BCUT2D eigenvalue weighted by Crippen LogP contribution is -2.49. The Bertz CT molecular complexity index is 520. The van der Waals surface area contributed by atoms with E-state index in [9.17, 15) is 0 Å². The fourth-order valence-corrected chi connectivity index (χ4v) is 3.89. The highest BCUT2D eigenvalue weighted by Gasteiger charge is 2.42. The van der Waals surface area contributed by atoms with Gasteiger partial charge in [-0.05, 0) is 48.7 Å². The minimum atomic E-state index is -1.66. The molecule has 2 rings (SSSR count). The highest BCUT2D eigenvalue weighted by molar-refractivity contribution is 6.74. The third-order valence-electron chi connectivity index (χ3n) is 4.79. The average Bonchev–Trinajstić information content (AvgIpc) is 2.34. The Hall–Kier alpha value is -0.0631. The van der Waals surface area contributed by atoms with Gasteiger partial charge in [-0.25, -0.2) is 0 Å². The maximum atomic E-state index is 6.38.